The summed E-state index contributed by atoms with van der Waals surface area (Å²) in [6.07, 6.45) is 5.11. The Bertz CT molecular complexity index is 775. The van der Waals surface area contributed by atoms with E-state index in [9.17, 15) is 0 Å². The van der Waals surface area contributed by atoms with Crippen LogP contribution in [0.25, 0.3) is 10.6 Å². The average Bonchev–Trinajstić information content (AvgIpc) is 3.69. The number of benzene rings is 2. The van der Waals surface area contributed by atoms with Gasteiger partial charge in [-0.1, -0.05) is 36.4 Å². The van der Waals surface area contributed by atoms with E-state index in [1.807, 2.05) is 60.7 Å². The maximum absolute atomic E-state index is 5.14. The predicted molar refractivity (Wildman–Crippen MR) is 156 cm³/mol. The van der Waals surface area contributed by atoms with Crippen LogP contribution in [0.1, 0.15) is 25.7 Å². The summed E-state index contributed by atoms with van der Waals surface area (Å²) in [4.78, 5) is 6.61. The summed E-state index contributed by atoms with van der Waals surface area (Å²) in [5.74, 6) is 1.32. The first-order valence-corrected chi connectivity index (χ1v) is 12.7. The number of hydrogen-bond acceptors (Lipinski definition) is 4. The summed E-state index contributed by atoms with van der Waals surface area (Å²) in [6, 6.07) is 19.6. The molecule has 2 aromatic rings. The van der Waals surface area contributed by atoms with Gasteiger partial charge in [-0.2, -0.15) is 0 Å². The van der Waals surface area contributed by atoms with E-state index in [4.69, 9.17) is 29.6 Å². The van der Waals surface area contributed by atoms with Gasteiger partial charge in [0.2, 0.25) is 0 Å². The second-order valence-corrected chi connectivity index (χ2v) is 8.07. The molecule has 40 heavy (non-hydrogen) atoms. The van der Waals surface area contributed by atoms with E-state index in [-0.39, 0.29) is 80.1 Å². The molecule has 0 atom stereocenters. The van der Waals surface area contributed by atoms with Crippen LogP contribution in [-0.4, -0.2) is 125 Å². The van der Waals surface area contributed by atoms with Crippen molar-refractivity contribution in [2.24, 2.45) is 0 Å². The topological polar surface area (TPSA) is 93.1 Å². The Morgan fingerprint density at radius 2 is 0.950 bits per heavy atom. The Kier molecular flexibility index (Phi) is 34.9. The molecular weight excluding hydrogens is 665 g/mol. The van der Waals surface area contributed by atoms with Crippen LogP contribution in [0.4, 0.5) is 11.4 Å². The smallest absolute Gasteiger partial charge is 1.00 e. The quantitative estimate of drug-likeness (QED) is 0.125. The Morgan fingerprint density at radius 3 is 1.20 bits per heavy atom. The van der Waals surface area contributed by atoms with Gasteiger partial charge in [0, 0.05) is 53.7 Å². The molecule has 0 aromatic heterocycles. The molecule has 2 N–H and O–H groups in total. The molecule has 8 nitrogen and oxygen atoms in total. The van der Waals surface area contributed by atoms with Crippen LogP contribution in [0.3, 0.4) is 0 Å². The van der Waals surface area contributed by atoms with Crippen LogP contribution in [0.5, 0.6) is 0 Å². The van der Waals surface area contributed by atoms with Crippen molar-refractivity contribution in [2.75, 3.05) is 67.0 Å². The van der Waals surface area contributed by atoms with Gasteiger partial charge >= 0.3 is 46.1 Å². The molecule has 0 bridgehead atoms. The molecule has 0 aliphatic carbocycles. The molecule has 4 rings (SSSR count). The van der Waals surface area contributed by atoms with Gasteiger partial charge in [0.05, 0.1) is 24.6 Å². The summed E-state index contributed by atoms with van der Waals surface area (Å²) < 4.78 is 20.2. The Hall–Kier alpha value is -0.288. The van der Waals surface area contributed by atoms with Crippen molar-refractivity contribution in [3.8, 4) is 0 Å². The SMILES string of the molecule is C1CCOC1.C1CCOC1.COCC[NH+]=C([N-]c1ccccc1)C([N-]c1ccccc1)=[NH+]CCOC.[Br-].[Br-].[Mg+2].[Mg+2]. The van der Waals surface area contributed by atoms with Crippen molar-refractivity contribution >= 4 is 69.2 Å². The van der Waals surface area contributed by atoms with Crippen LogP contribution in [0, 0.1) is 0 Å². The molecule has 0 unspecified atom stereocenters. The van der Waals surface area contributed by atoms with E-state index < -0.39 is 0 Å². The second kappa shape index (κ2) is 31.6. The molecule has 0 spiro atoms. The number of ether oxygens (including phenoxy) is 4. The van der Waals surface area contributed by atoms with Gasteiger partial charge in [0.1, 0.15) is 0 Å². The Balaban J connectivity index is -0.000000819. The van der Waals surface area contributed by atoms with E-state index in [1.54, 1.807) is 14.2 Å². The zero-order valence-corrected chi connectivity index (χ0v) is 30.0. The van der Waals surface area contributed by atoms with Gasteiger partial charge in [-0.3, -0.25) is 0 Å². The standard InChI is InChI=1S/C20H24N4O2.2C4H8O.2BrH.2Mg/c1-25-15-13-21-19(23-17-9-5-3-6-10-17)20(22-14-16-26-2)24-18-11-7-4-8-12-18;2*1-2-4-5-3-1;;;;/h3-12H,13-16H2,1-2H3;2*1-4H2;2*1H;;/q-2;;;;;2*+2. The minimum atomic E-state index is 0. The molecule has 2 saturated heterocycles. The predicted octanol–water partition coefficient (Wildman–Crippen LogP) is -4.51. The second-order valence-electron chi connectivity index (χ2n) is 8.07. The van der Waals surface area contributed by atoms with Gasteiger partial charge in [0.25, 0.3) is 0 Å². The number of halogens is 2. The number of hydrogen-bond donors (Lipinski definition) is 2. The fourth-order valence-corrected chi connectivity index (χ4v) is 3.18. The zero-order valence-electron chi connectivity index (χ0n) is 24.0. The maximum atomic E-state index is 5.14. The number of rotatable bonds is 8. The third kappa shape index (κ3) is 22.3. The third-order valence-electron chi connectivity index (χ3n) is 5.07. The minimum absolute atomic E-state index is 0. The summed E-state index contributed by atoms with van der Waals surface area (Å²) in [7, 11) is 3.34. The van der Waals surface area contributed by atoms with Crippen LogP contribution < -0.4 is 43.9 Å². The largest absolute Gasteiger partial charge is 2.00 e. The maximum Gasteiger partial charge on any atom is 2.00 e. The van der Waals surface area contributed by atoms with E-state index >= 15 is 0 Å². The van der Waals surface area contributed by atoms with Crippen molar-refractivity contribution in [2.45, 2.75) is 25.7 Å². The molecule has 0 amide bonds. The van der Waals surface area contributed by atoms with Gasteiger partial charge in [-0.05, 0) is 49.9 Å². The molecular formula is C28H42Br2Mg2N4O4+2. The minimum Gasteiger partial charge on any atom is -1.00 e. The molecule has 214 valence electrons. The number of para-hydroxylation sites is 2. The van der Waals surface area contributed by atoms with Crippen molar-refractivity contribution in [1.82, 2.24) is 0 Å². The first-order valence-electron chi connectivity index (χ1n) is 12.7. The molecule has 2 fully saturated rings. The van der Waals surface area contributed by atoms with E-state index in [0.717, 1.165) is 37.8 Å². The summed E-state index contributed by atoms with van der Waals surface area (Å²) in [5.41, 5.74) is 1.70. The molecule has 0 radical (unpaired) electrons. The van der Waals surface area contributed by atoms with Crippen molar-refractivity contribution in [1.29, 1.82) is 0 Å². The van der Waals surface area contributed by atoms with Gasteiger partial charge < -0.3 is 62.9 Å². The first-order chi connectivity index (χ1) is 17.8. The fourth-order valence-electron chi connectivity index (χ4n) is 3.18. The third-order valence-corrected chi connectivity index (χ3v) is 5.07. The summed E-state index contributed by atoms with van der Waals surface area (Å²) in [5, 5.41) is 9.44. The number of methoxy groups -OCH3 is 2. The van der Waals surface area contributed by atoms with Crippen LogP contribution in [0.2, 0.25) is 0 Å². The monoisotopic (exact) mass is 704 g/mol. The van der Waals surface area contributed by atoms with E-state index in [0.29, 0.717) is 38.0 Å². The molecule has 2 heterocycles. The van der Waals surface area contributed by atoms with Crippen molar-refractivity contribution < 1.29 is 62.9 Å². The van der Waals surface area contributed by atoms with Crippen LogP contribution in [-0.2, 0) is 18.9 Å². The van der Waals surface area contributed by atoms with Crippen LogP contribution >= 0.6 is 0 Å². The van der Waals surface area contributed by atoms with Gasteiger partial charge in [-0.15, -0.1) is 0 Å². The summed E-state index contributed by atoms with van der Waals surface area (Å²) in [6.45, 7) is 6.40. The number of nitrogens with zero attached hydrogens (tertiary/aromatic N) is 2. The zero-order chi connectivity index (χ0) is 25.5. The average molecular weight is 707 g/mol. The van der Waals surface area contributed by atoms with Gasteiger partial charge in [-0.25, -0.2) is 10.6 Å². The molecule has 2 aliphatic heterocycles. The van der Waals surface area contributed by atoms with Crippen molar-refractivity contribution in [3.63, 3.8) is 0 Å². The van der Waals surface area contributed by atoms with Gasteiger partial charge in [0.15, 0.2) is 11.7 Å². The van der Waals surface area contributed by atoms with Crippen molar-refractivity contribution in [3.05, 3.63) is 71.3 Å². The molecule has 0 saturated carbocycles. The Morgan fingerprint density at radius 1 is 0.625 bits per heavy atom. The molecule has 12 heteroatoms. The normalized spacial score (nSPS) is 13.8. The Labute approximate surface area is 293 Å². The summed E-state index contributed by atoms with van der Waals surface area (Å²) >= 11 is 0. The number of nitrogens with one attached hydrogen (secondary N) is 2. The number of amidine groups is 2. The molecule has 2 aliphatic rings. The van der Waals surface area contributed by atoms with E-state index in [2.05, 4.69) is 9.98 Å². The van der Waals surface area contributed by atoms with Crippen LogP contribution in [0.15, 0.2) is 60.7 Å². The fraction of sp³-hybridized carbons (Fsp3) is 0.500. The molecule has 2 aromatic carbocycles. The van der Waals surface area contributed by atoms with E-state index in [1.165, 1.54) is 25.7 Å². The first kappa shape index (κ1) is 44.2.